The van der Waals surface area contributed by atoms with Gasteiger partial charge >= 0.3 is 59.7 Å². The van der Waals surface area contributed by atoms with Gasteiger partial charge in [0.05, 0.1) is 65.7 Å². The van der Waals surface area contributed by atoms with Crippen molar-refractivity contribution in [3.8, 4) is 0 Å². The third-order valence-electron chi connectivity index (χ3n) is 4.39. The molecule has 4 N–H and O–H groups in total. The molecule has 0 aromatic heterocycles. The molecule has 0 aromatic carbocycles. The highest BCUT2D eigenvalue weighted by molar-refractivity contribution is 5.91. The number of carboxylic acids is 4. The normalized spacial score (nSPS) is 15.3. The molecule has 2 aliphatic rings. The van der Waals surface area contributed by atoms with E-state index >= 15 is 0 Å². The summed E-state index contributed by atoms with van der Waals surface area (Å²) in [4.78, 5) is 111. The van der Waals surface area contributed by atoms with Crippen molar-refractivity contribution in [2.75, 3.05) is 65.7 Å². The van der Waals surface area contributed by atoms with E-state index in [1.54, 1.807) is 0 Å². The Morgan fingerprint density at radius 2 is 0.860 bits per heavy atom. The highest BCUT2D eigenvalue weighted by Gasteiger charge is 2.30. The number of esters is 6. The van der Waals surface area contributed by atoms with Crippen LogP contribution in [0.3, 0.4) is 0 Å². The third-order valence-corrected chi connectivity index (χ3v) is 4.39. The van der Waals surface area contributed by atoms with Gasteiger partial charge in [0.25, 0.3) is 0 Å². The molecule has 0 bridgehead atoms. The van der Waals surface area contributed by atoms with Crippen LogP contribution in [0.4, 0.5) is 0 Å². The highest BCUT2D eigenvalue weighted by Crippen LogP contribution is 2.05. The van der Waals surface area contributed by atoms with Crippen LogP contribution in [0.2, 0.25) is 0 Å². The fourth-order valence-electron chi connectivity index (χ4n) is 3.27. The fraction of sp³-hybridized carbons (Fsp3) is 0.545. The fourth-order valence-corrected chi connectivity index (χ4v) is 3.27. The van der Waals surface area contributed by atoms with E-state index in [4.69, 9.17) is 20.4 Å². The quantitative estimate of drug-likeness (QED) is 0.0692. The molecule has 2 rings (SSSR count). The largest absolute Gasteiger partial charge is 0.480 e. The number of hydrogen-bond donors (Lipinski definition) is 4. The summed E-state index contributed by atoms with van der Waals surface area (Å²) in [5.74, 6) is -8.85. The van der Waals surface area contributed by atoms with Gasteiger partial charge in [-0.05, 0) is 0 Å². The number of hydrogen-bond acceptors (Lipinski definition) is 17. The summed E-state index contributed by atoms with van der Waals surface area (Å²) in [5.41, 5.74) is 0. The Morgan fingerprint density at radius 1 is 0.605 bits per heavy atom. The molecular formula is C22H30N4O17. The standard InChI is InChI=1S/C9H14N2O8.C9H10N2O6.C4H6O3/c12-6(13)1-10(2-7(14)15)5-11(3-8(16)17)4-9(18)19;12-6-1-10(2-7(13)16-6)5-11-3-8(14)17-9(15)4-11;1-3(5)7-4(2)6/h1-5H2,(H,12,13)(H,14,15)(H,16,17)(H,18,19);1-5H2;1-2H3. The molecule has 0 atom stereocenters. The highest BCUT2D eigenvalue weighted by atomic mass is 16.6. The molecular weight excluding hydrogens is 592 g/mol. The van der Waals surface area contributed by atoms with E-state index in [1.165, 1.54) is 23.6 Å². The minimum atomic E-state index is -1.30. The Kier molecular flexibility index (Phi) is 17.1. The predicted octanol–water partition coefficient (Wildman–Crippen LogP) is -4.30. The monoisotopic (exact) mass is 622 g/mol. The molecule has 2 fully saturated rings. The number of ether oxygens (including phenoxy) is 3. The number of aliphatic carboxylic acids is 4. The van der Waals surface area contributed by atoms with Crippen LogP contribution in [0, 0.1) is 0 Å². The van der Waals surface area contributed by atoms with Gasteiger partial charge in [-0.1, -0.05) is 0 Å². The SMILES string of the molecule is CC(=O)OC(C)=O.O=C(O)CN(CC(=O)O)CN(CC(=O)O)CC(=O)O.O=C1CN(CN2CC(=O)OC(=O)C2)CC(=O)O1. The van der Waals surface area contributed by atoms with Gasteiger partial charge in [-0.25, -0.2) is 0 Å². The molecule has 0 radical (unpaired) electrons. The lowest BCUT2D eigenvalue weighted by Crippen LogP contribution is -2.52. The minimum Gasteiger partial charge on any atom is -0.480 e. The first-order chi connectivity index (χ1) is 19.9. The number of carbonyl (C=O) groups excluding carboxylic acids is 6. The van der Waals surface area contributed by atoms with E-state index in [2.05, 4.69) is 14.2 Å². The molecule has 0 amide bonds. The van der Waals surface area contributed by atoms with E-state index in [9.17, 15) is 47.9 Å². The lowest BCUT2D eigenvalue weighted by Gasteiger charge is -2.31. The molecule has 0 unspecified atom stereocenters. The zero-order valence-corrected chi connectivity index (χ0v) is 23.0. The number of cyclic esters (lactones) is 4. The molecule has 2 aliphatic heterocycles. The van der Waals surface area contributed by atoms with Gasteiger partial charge in [0.1, 0.15) is 0 Å². The van der Waals surface area contributed by atoms with Crippen molar-refractivity contribution in [2.45, 2.75) is 13.8 Å². The van der Waals surface area contributed by atoms with Crippen LogP contribution in [0.5, 0.6) is 0 Å². The Morgan fingerprint density at radius 3 is 1.05 bits per heavy atom. The van der Waals surface area contributed by atoms with Crippen LogP contribution in [0.1, 0.15) is 13.8 Å². The van der Waals surface area contributed by atoms with E-state index in [-0.39, 0.29) is 32.8 Å². The maximum absolute atomic E-state index is 11.0. The van der Waals surface area contributed by atoms with Crippen molar-refractivity contribution in [1.82, 2.24) is 19.6 Å². The Labute approximate surface area is 242 Å². The van der Waals surface area contributed by atoms with Crippen molar-refractivity contribution >= 4 is 59.7 Å². The van der Waals surface area contributed by atoms with Gasteiger partial charge < -0.3 is 34.6 Å². The summed E-state index contributed by atoms with van der Waals surface area (Å²) in [6.45, 7) is -0.552. The predicted molar refractivity (Wildman–Crippen MR) is 131 cm³/mol. The van der Waals surface area contributed by atoms with Gasteiger partial charge in [-0.2, -0.15) is 0 Å². The van der Waals surface area contributed by atoms with Gasteiger partial charge in [-0.3, -0.25) is 67.5 Å². The van der Waals surface area contributed by atoms with Crippen LogP contribution < -0.4 is 0 Å². The summed E-state index contributed by atoms with van der Waals surface area (Å²) in [7, 11) is 0. The minimum absolute atomic E-state index is 0.0362. The maximum atomic E-state index is 11.0. The molecule has 2 saturated heterocycles. The molecule has 2 heterocycles. The average molecular weight is 622 g/mol. The van der Waals surface area contributed by atoms with Crippen molar-refractivity contribution in [2.24, 2.45) is 0 Å². The summed E-state index contributed by atoms with van der Waals surface area (Å²) >= 11 is 0. The Hall–Kier alpha value is -4.86. The number of carbonyl (C=O) groups is 10. The van der Waals surface area contributed by atoms with E-state index in [0.29, 0.717) is 0 Å². The van der Waals surface area contributed by atoms with Crippen LogP contribution in [-0.4, -0.2) is 165 Å². The zero-order valence-electron chi connectivity index (χ0n) is 23.0. The van der Waals surface area contributed by atoms with E-state index in [1.807, 2.05) is 0 Å². The van der Waals surface area contributed by atoms with Crippen LogP contribution in [0.25, 0.3) is 0 Å². The molecule has 21 nitrogen and oxygen atoms in total. The average Bonchev–Trinajstić information content (AvgIpc) is 2.75. The maximum Gasteiger partial charge on any atom is 0.327 e. The first kappa shape index (κ1) is 38.1. The molecule has 0 aromatic rings. The first-order valence-corrected chi connectivity index (χ1v) is 11.8. The van der Waals surface area contributed by atoms with Gasteiger partial charge in [0.2, 0.25) is 0 Å². The molecule has 21 heteroatoms. The molecule has 240 valence electrons. The van der Waals surface area contributed by atoms with E-state index < -0.39 is 92.5 Å². The van der Waals surface area contributed by atoms with Crippen LogP contribution >= 0.6 is 0 Å². The van der Waals surface area contributed by atoms with Crippen molar-refractivity contribution in [1.29, 1.82) is 0 Å². The second-order valence-electron chi connectivity index (χ2n) is 8.58. The van der Waals surface area contributed by atoms with Gasteiger partial charge in [-0.15, -0.1) is 0 Å². The van der Waals surface area contributed by atoms with Crippen LogP contribution in [-0.2, 0) is 62.2 Å². The van der Waals surface area contributed by atoms with Crippen molar-refractivity contribution in [3.63, 3.8) is 0 Å². The molecule has 0 saturated carbocycles. The van der Waals surface area contributed by atoms with Crippen LogP contribution in [0.15, 0.2) is 0 Å². The second-order valence-corrected chi connectivity index (χ2v) is 8.58. The molecule has 0 aliphatic carbocycles. The lowest BCUT2D eigenvalue weighted by molar-refractivity contribution is -0.171. The number of rotatable bonds is 12. The summed E-state index contributed by atoms with van der Waals surface area (Å²) in [6, 6.07) is 0. The molecule has 0 spiro atoms. The number of nitrogens with zero attached hydrogens (tertiary/aromatic N) is 4. The lowest BCUT2D eigenvalue weighted by atomic mass is 10.4. The smallest absolute Gasteiger partial charge is 0.327 e. The third kappa shape index (κ3) is 20.6. The zero-order chi connectivity index (χ0) is 33.3. The van der Waals surface area contributed by atoms with E-state index in [0.717, 1.165) is 9.80 Å². The topological polar surface area (TPSA) is 292 Å². The summed E-state index contributed by atoms with van der Waals surface area (Å²) < 4.78 is 12.7. The Balaban J connectivity index is 0.000000676. The Bertz CT molecular complexity index is 961. The van der Waals surface area contributed by atoms with Gasteiger partial charge in [0.15, 0.2) is 0 Å². The van der Waals surface area contributed by atoms with Crippen molar-refractivity contribution < 1.29 is 82.6 Å². The summed E-state index contributed by atoms with van der Waals surface area (Å²) in [5, 5.41) is 34.4. The molecule has 43 heavy (non-hydrogen) atoms. The number of carboxylic acid groups (broad SMARTS) is 4. The number of morpholine rings is 2. The first-order valence-electron chi connectivity index (χ1n) is 11.8. The second kappa shape index (κ2) is 19.3. The summed E-state index contributed by atoms with van der Waals surface area (Å²) in [6.07, 6.45) is 0. The van der Waals surface area contributed by atoms with Gasteiger partial charge in [0, 0.05) is 13.8 Å². The van der Waals surface area contributed by atoms with Crippen molar-refractivity contribution in [3.05, 3.63) is 0 Å².